The molecule has 0 amide bonds. The number of carboxylic acid groups (broad SMARTS) is 1. The Kier molecular flexibility index (Phi) is 46.6. The lowest BCUT2D eigenvalue weighted by atomic mass is 10.0. The highest BCUT2D eigenvalue weighted by atomic mass is 16.6. The summed E-state index contributed by atoms with van der Waals surface area (Å²) in [6.07, 6.45) is 56.6. The number of ether oxygens (including phenoxy) is 3. The standard InChI is InChI=1S/C57H107NO7/c1-6-8-10-12-14-16-18-20-22-24-26-27-28-30-32-34-36-38-40-42-44-46-48-56(60)65-53(51-63-50-49-54(57(61)62)58(3,4)5)52-64-55(59)47-45-43-41-39-37-35-33-31-29-25-23-21-19-17-15-13-11-9-7-2/h24,26,28,30,53-54H,6-23,25,27,29,31-52H2,1-5H3/p+1/b26-24+,30-28+. The fraction of sp³-hybridized carbons (Fsp3) is 0.877. The summed E-state index contributed by atoms with van der Waals surface area (Å²) in [5, 5.41) is 9.67. The van der Waals surface area contributed by atoms with Gasteiger partial charge in [0.1, 0.15) is 6.61 Å². The van der Waals surface area contributed by atoms with E-state index in [0.29, 0.717) is 19.3 Å². The van der Waals surface area contributed by atoms with Crippen LogP contribution in [0.3, 0.4) is 0 Å². The third-order valence-corrected chi connectivity index (χ3v) is 12.9. The van der Waals surface area contributed by atoms with Crippen LogP contribution in [0.5, 0.6) is 0 Å². The molecule has 0 aromatic rings. The first-order valence-electron chi connectivity index (χ1n) is 27.9. The second-order valence-corrected chi connectivity index (χ2v) is 20.2. The maximum absolute atomic E-state index is 12.8. The summed E-state index contributed by atoms with van der Waals surface area (Å²) in [6, 6.07) is -0.614. The molecule has 65 heavy (non-hydrogen) atoms. The van der Waals surface area contributed by atoms with Crippen LogP contribution in [0.2, 0.25) is 0 Å². The van der Waals surface area contributed by atoms with Gasteiger partial charge < -0.3 is 23.8 Å². The molecule has 8 nitrogen and oxygen atoms in total. The molecule has 0 bridgehead atoms. The van der Waals surface area contributed by atoms with Gasteiger partial charge in [-0.15, -0.1) is 0 Å². The van der Waals surface area contributed by atoms with Crippen molar-refractivity contribution >= 4 is 17.9 Å². The molecule has 0 spiro atoms. The maximum Gasteiger partial charge on any atom is 0.362 e. The normalized spacial score (nSPS) is 12.9. The van der Waals surface area contributed by atoms with Crippen molar-refractivity contribution < 1.29 is 38.2 Å². The second kappa shape index (κ2) is 48.3. The zero-order valence-electron chi connectivity index (χ0n) is 43.7. The molecule has 1 N–H and O–H groups in total. The molecule has 0 aromatic carbocycles. The van der Waals surface area contributed by atoms with Crippen molar-refractivity contribution in [2.45, 2.75) is 283 Å². The van der Waals surface area contributed by atoms with Gasteiger partial charge in [-0.05, 0) is 44.9 Å². The van der Waals surface area contributed by atoms with Gasteiger partial charge in [-0.3, -0.25) is 9.59 Å². The highest BCUT2D eigenvalue weighted by Gasteiger charge is 2.31. The van der Waals surface area contributed by atoms with Gasteiger partial charge >= 0.3 is 17.9 Å². The molecule has 0 saturated heterocycles. The van der Waals surface area contributed by atoms with Gasteiger partial charge in [-0.2, -0.15) is 0 Å². The van der Waals surface area contributed by atoms with Gasteiger partial charge in [-0.1, -0.05) is 231 Å². The quantitative estimate of drug-likeness (QED) is 0.0281. The number of carbonyl (C=O) groups is 3. The fourth-order valence-corrected chi connectivity index (χ4v) is 8.54. The summed E-state index contributed by atoms with van der Waals surface area (Å²) in [5.74, 6) is -1.46. The summed E-state index contributed by atoms with van der Waals surface area (Å²) >= 11 is 0. The van der Waals surface area contributed by atoms with E-state index in [1.54, 1.807) is 0 Å². The summed E-state index contributed by atoms with van der Waals surface area (Å²) in [6.45, 7) is 4.78. The highest BCUT2D eigenvalue weighted by Crippen LogP contribution is 2.17. The van der Waals surface area contributed by atoms with Crippen LogP contribution in [-0.4, -0.2) is 80.6 Å². The molecular weight excluding hydrogens is 811 g/mol. The van der Waals surface area contributed by atoms with Crippen molar-refractivity contribution in [2.24, 2.45) is 0 Å². The molecule has 2 unspecified atom stereocenters. The van der Waals surface area contributed by atoms with Crippen LogP contribution in [0.4, 0.5) is 0 Å². The Bertz CT molecular complexity index is 1120. The summed E-state index contributed by atoms with van der Waals surface area (Å²) in [4.78, 5) is 37.2. The van der Waals surface area contributed by atoms with Crippen molar-refractivity contribution in [2.75, 3.05) is 41.0 Å². The van der Waals surface area contributed by atoms with E-state index in [0.717, 1.165) is 51.4 Å². The first kappa shape index (κ1) is 62.8. The third kappa shape index (κ3) is 46.7. The van der Waals surface area contributed by atoms with Gasteiger partial charge in [0.25, 0.3) is 0 Å². The first-order chi connectivity index (χ1) is 31.6. The van der Waals surface area contributed by atoms with Crippen molar-refractivity contribution in [3.8, 4) is 0 Å². The largest absolute Gasteiger partial charge is 0.477 e. The zero-order valence-corrected chi connectivity index (χ0v) is 43.7. The van der Waals surface area contributed by atoms with E-state index < -0.39 is 18.1 Å². The minimum Gasteiger partial charge on any atom is -0.477 e. The number of unbranched alkanes of at least 4 members (excludes halogenated alkanes) is 33. The maximum atomic E-state index is 12.8. The van der Waals surface area contributed by atoms with Crippen LogP contribution in [0, 0.1) is 0 Å². The molecule has 0 aliphatic heterocycles. The number of hydrogen-bond donors (Lipinski definition) is 1. The molecule has 0 aromatic heterocycles. The number of quaternary nitrogens is 1. The predicted molar refractivity (Wildman–Crippen MR) is 275 cm³/mol. The summed E-state index contributed by atoms with van der Waals surface area (Å²) < 4.78 is 17.4. The number of likely N-dealkylation sites (N-methyl/N-ethyl adjacent to an activating group) is 1. The predicted octanol–water partition coefficient (Wildman–Crippen LogP) is 16.4. The average Bonchev–Trinajstić information content (AvgIpc) is 3.27. The lowest BCUT2D eigenvalue weighted by molar-refractivity contribution is -0.887. The zero-order chi connectivity index (χ0) is 47.7. The Labute approximate surface area is 402 Å². The Hall–Kier alpha value is -2.19. The van der Waals surface area contributed by atoms with Crippen molar-refractivity contribution in [1.29, 1.82) is 0 Å². The third-order valence-electron chi connectivity index (χ3n) is 12.9. The number of carboxylic acids is 1. The van der Waals surface area contributed by atoms with E-state index >= 15 is 0 Å². The second-order valence-electron chi connectivity index (χ2n) is 20.2. The van der Waals surface area contributed by atoms with E-state index in [2.05, 4.69) is 38.2 Å². The minimum atomic E-state index is -0.872. The average molecular weight is 919 g/mol. The van der Waals surface area contributed by atoms with Gasteiger partial charge in [-0.25, -0.2) is 4.79 Å². The molecule has 0 radical (unpaired) electrons. The molecule has 0 fully saturated rings. The number of nitrogens with zero attached hydrogens (tertiary/aromatic N) is 1. The van der Waals surface area contributed by atoms with Crippen molar-refractivity contribution in [3.05, 3.63) is 24.3 Å². The molecule has 0 saturated carbocycles. The van der Waals surface area contributed by atoms with E-state index in [1.807, 2.05) is 21.1 Å². The Morgan fingerprint density at radius 3 is 1.18 bits per heavy atom. The number of allylic oxidation sites excluding steroid dienone is 4. The lowest BCUT2D eigenvalue weighted by Gasteiger charge is -2.31. The number of rotatable bonds is 51. The molecule has 0 rings (SSSR count). The van der Waals surface area contributed by atoms with Gasteiger partial charge in [0, 0.05) is 19.3 Å². The van der Waals surface area contributed by atoms with Crippen LogP contribution in [-0.2, 0) is 28.6 Å². The molecule has 0 aliphatic rings. The summed E-state index contributed by atoms with van der Waals surface area (Å²) in [5.41, 5.74) is 0. The van der Waals surface area contributed by atoms with Crippen molar-refractivity contribution in [3.63, 3.8) is 0 Å². The molecule has 382 valence electrons. The van der Waals surface area contributed by atoms with Gasteiger partial charge in [0.15, 0.2) is 12.1 Å². The SMILES string of the molecule is CCCCCCCCCC/C=C/C/C=C/CCCCCCCCCC(=O)OC(COCCC(C(=O)O)[N+](C)(C)C)COC(=O)CCCCCCCCCCCCCCCCCCCCC. The Morgan fingerprint density at radius 2 is 0.815 bits per heavy atom. The van der Waals surface area contributed by atoms with Crippen LogP contribution < -0.4 is 0 Å². The van der Waals surface area contributed by atoms with Crippen LogP contribution in [0.1, 0.15) is 271 Å². The monoisotopic (exact) mass is 919 g/mol. The minimum absolute atomic E-state index is 0.0490. The van der Waals surface area contributed by atoms with E-state index in [4.69, 9.17) is 14.2 Å². The van der Waals surface area contributed by atoms with E-state index in [-0.39, 0.29) is 36.2 Å². The molecule has 2 atom stereocenters. The molecule has 8 heteroatoms. The van der Waals surface area contributed by atoms with Crippen LogP contribution >= 0.6 is 0 Å². The smallest absolute Gasteiger partial charge is 0.362 e. The number of carbonyl (C=O) groups excluding carboxylic acids is 2. The Balaban J connectivity index is 4.19. The van der Waals surface area contributed by atoms with E-state index in [1.165, 1.54) is 186 Å². The molecule has 0 aliphatic carbocycles. The fourth-order valence-electron chi connectivity index (χ4n) is 8.54. The van der Waals surface area contributed by atoms with Crippen LogP contribution in [0.25, 0.3) is 0 Å². The van der Waals surface area contributed by atoms with Crippen LogP contribution in [0.15, 0.2) is 24.3 Å². The van der Waals surface area contributed by atoms with Gasteiger partial charge in [0.2, 0.25) is 0 Å². The Morgan fingerprint density at radius 1 is 0.462 bits per heavy atom. The number of hydrogen-bond acceptors (Lipinski definition) is 6. The lowest BCUT2D eigenvalue weighted by Crippen LogP contribution is -2.50. The molecular formula is C57H108NO7+. The van der Waals surface area contributed by atoms with Gasteiger partial charge in [0.05, 0.1) is 34.4 Å². The number of aliphatic carboxylic acids is 1. The molecule has 0 heterocycles. The first-order valence-corrected chi connectivity index (χ1v) is 27.9. The van der Waals surface area contributed by atoms with Crippen molar-refractivity contribution in [1.82, 2.24) is 0 Å². The van der Waals surface area contributed by atoms with E-state index in [9.17, 15) is 19.5 Å². The topological polar surface area (TPSA) is 99.1 Å². The number of esters is 2. The summed E-state index contributed by atoms with van der Waals surface area (Å²) in [7, 11) is 5.55. The highest BCUT2D eigenvalue weighted by molar-refractivity contribution is 5.72.